The summed E-state index contributed by atoms with van der Waals surface area (Å²) in [5.74, 6) is -0.848. The van der Waals surface area contributed by atoms with Crippen molar-refractivity contribution in [1.29, 1.82) is 0 Å². The van der Waals surface area contributed by atoms with E-state index in [0.29, 0.717) is 13.1 Å². The van der Waals surface area contributed by atoms with Crippen LogP contribution in [0.4, 0.5) is 8.78 Å². The maximum atomic E-state index is 12.1. The Morgan fingerprint density at radius 2 is 1.90 bits per heavy atom. The molecule has 1 aromatic rings. The summed E-state index contributed by atoms with van der Waals surface area (Å²) in [5, 5.41) is 11.8. The van der Waals surface area contributed by atoms with E-state index in [9.17, 15) is 18.4 Å². The molecule has 7 nitrogen and oxygen atoms in total. The number of likely N-dealkylation sites (N-methyl/N-ethyl adjacent to an activating group) is 1. The van der Waals surface area contributed by atoms with Crippen LogP contribution < -0.4 is 10.1 Å². The van der Waals surface area contributed by atoms with Gasteiger partial charge in [-0.1, -0.05) is 19.1 Å². The first kappa shape index (κ1) is 25.1. The number of carbonyl (C=O) groups excluding carboxylic acids is 1. The van der Waals surface area contributed by atoms with Crippen LogP contribution in [0.2, 0.25) is 0 Å². The highest BCUT2D eigenvalue weighted by Gasteiger charge is 2.25. The van der Waals surface area contributed by atoms with Gasteiger partial charge in [-0.2, -0.15) is 8.78 Å². The first-order chi connectivity index (χ1) is 13.4. The van der Waals surface area contributed by atoms with Crippen LogP contribution in [0.25, 0.3) is 0 Å². The Morgan fingerprint density at radius 3 is 2.41 bits per heavy atom. The predicted molar refractivity (Wildman–Crippen MR) is 107 cm³/mol. The van der Waals surface area contributed by atoms with E-state index < -0.39 is 12.6 Å². The molecule has 1 aromatic carbocycles. The lowest BCUT2D eigenvalue weighted by Crippen LogP contribution is -2.48. The standard InChI is InChI=1S/C19H27F2N3O4.ClH/c1-2-24(13-18(26)27)15-7-9-23(10-8-15)12-17(25)22-11-14-3-5-16(6-4-14)28-19(20)21;/h3-6,15,19H,2,7-13H2,1H3,(H,22,25)(H,26,27);1H. The first-order valence-corrected chi connectivity index (χ1v) is 9.36. The third-order valence-electron chi connectivity index (χ3n) is 4.82. The van der Waals surface area contributed by atoms with E-state index >= 15 is 0 Å². The van der Waals surface area contributed by atoms with E-state index in [1.54, 1.807) is 12.1 Å². The van der Waals surface area contributed by atoms with Gasteiger partial charge >= 0.3 is 12.6 Å². The van der Waals surface area contributed by atoms with Crippen molar-refractivity contribution in [3.8, 4) is 5.75 Å². The number of carboxylic acid groups (broad SMARTS) is 1. The SMILES string of the molecule is CCN(CC(=O)O)C1CCN(CC(=O)NCc2ccc(OC(F)F)cc2)CC1.Cl. The molecule has 29 heavy (non-hydrogen) atoms. The van der Waals surface area contributed by atoms with Gasteiger partial charge in [0.05, 0.1) is 13.1 Å². The number of rotatable bonds is 10. The Hall–Kier alpha value is -1.97. The summed E-state index contributed by atoms with van der Waals surface area (Å²) < 4.78 is 28.5. The number of amides is 1. The molecule has 1 aliphatic heterocycles. The normalized spacial score (nSPS) is 15.2. The van der Waals surface area contributed by atoms with Crippen molar-refractivity contribution < 1.29 is 28.2 Å². The van der Waals surface area contributed by atoms with Crippen LogP contribution >= 0.6 is 12.4 Å². The molecule has 0 atom stereocenters. The molecule has 2 N–H and O–H groups in total. The molecule has 0 saturated carbocycles. The molecule has 1 amide bonds. The van der Waals surface area contributed by atoms with Gasteiger partial charge in [-0.3, -0.25) is 19.4 Å². The molecule has 0 unspecified atom stereocenters. The first-order valence-electron chi connectivity index (χ1n) is 9.36. The lowest BCUT2D eigenvalue weighted by Gasteiger charge is -2.37. The molecule has 1 saturated heterocycles. The van der Waals surface area contributed by atoms with E-state index in [0.717, 1.165) is 31.5 Å². The molecule has 1 aliphatic rings. The average Bonchev–Trinajstić information content (AvgIpc) is 2.66. The quantitative estimate of drug-likeness (QED) is 0.586. The summed E-state index contributed by atoms with van der Waals surface area (Å²) >= 11 is 0. The zero-order valence-corrected chi connectivity index (χ0v) is 17.2. The smallest absolute Gasteiger partial charge is 0.387 e. The second kappa shape index (κ2) is 12.6. The van der Waals surface area contributed by atoms with Gasteiger partial charge in [0, 0.05) is 25.7 Å². The Morgan fingerprint density at radius 1 is 1.28 bits per heavy atom. The number of piperidine rings is 1. The van der Waals surface area contributed by atoms with E-state index in [4.69, 9.17) is 5.11 Å². The molecule has 10 heteroatoms. The number of carboxylic acids is 1. The van der Waals surface area contributed by atoms with Gasteiger partial charge in [-0.05, 0) is 37.1 Å². The highest BCUT2D eigenvalue weighted by molar-refractivity contribution is 5.85. The molecular formula is C19H28ClF2N3O4. The summed E-state index contributed by atoms with van der Waals surface area (Å²) in [5.41, 5.74) is 0.793. The number of hydrogen-bond acceptors (Lipinski definition) is 5. The number of aliphatic carboxylic acids is 1. The van der Waals surface area contributed by atoms with Crippen LogP contribution in [0.5, 0.6) is 5.75 Å². The van der Waals surface area contributed by atoms with Crippen LogP contribution in [-0.4, -0.2) is 72.2 Å². The van der Waals surface area contributed by atoms with E-state index in [2.05, 4.69) is 15.0 Å². The van der Waals surface area contributed by atoms with Crippen molar-refractivity contribution in [2.45, 2.75) is 39.0 Å². The van der Waals surface area contributed by atoms with Gasteiger partial charge in [0.15, 0.2) is 0 Å². The molecule has 0 aromatic heterocycles. The second-order valence-corrected chi connectivity index (χ2v) is 6.76. The number of alkyl halides is 2. The summed E-state index contributed by atoms with van der Waals surface area (Å²) in [6, 6.07) is 6.37. The lowest BCUT2D eigenvalue weighted by molar-refractivity contribution is -0.139. The molecule has 1 fully saturated rings. The Labute approximate surface area is 175 Å². The van der Waals surface area contributed by atoms with E-state index in [1.807, 2.05) is 11.8 Å². The molecule has 0 radical (unpaired) electrons. The van der Waals surface area contributed by atoms with Crippen molar-refractivity contribution in [2.24, 2.45) is 0 Å². The largest absolute Gasteiger partial charge is 0.480 e. The third-order valence-corrected chi connectivity index (χ3v) is 4.82. The number of nitrogens with one attached hydrogen (secondary N) is 1. The average molecular weight is 436 g/mol. The van der Waals surface area contributed by atoms with Crippen LogP contribution in [0.3, 0.4) is 0 Å². The van der Waals surface area contributed by atoms with Gasteiger partial charge < -0.3 is 15.2 Å². The monoisotopic (exact) mass is 435 g/mol. The molecular weight excluding hydrogens is 408 g/mol. The van der Waals surface area contributed by atoms with Crippen LogP contribution in [0.15, 0.2) is 24.3 Å². The van der Waals surface area contributed by atoms with Crippen molar-refractivity contribution in [1.82, 2.24) is 15.1 Å². The maximum absolute atomic E-state index is 12.1. The van der Waals surface area contributed by atoms with Crippen molar-refractivity contribution in [3.05, 3.63) is 29.8 Å². The van der Waals surface area contributed by atoms with E-state index in [-0.39, 0.29) is 43.2 Å². The van der Waals surface area contributed by atoms with Crippen molar-refractivity contribution in [3.63, 3.8) is 0 Å². The van der Waals surface area contributed by atoms with Crippen LogP contribution in [0, 0.1) is 0 Å². The molecule has 0 spiro atoms. The van der Waals surface area contributed by atoms with Gasteiger partial charge in [0.2, 0.25) is 5.91 Å². The van der Waals surface area contributed by atoms with Gasteiger partial charge in [0.1, 0.15) is 5.75 Å². The number of halogens is 3. The fraction of sp³-hybridized carbons (Fsp3) is 0.579. The number of hydrogen-bond donors (Lipinski definition) is 2. The zero-order valence-electron chi connectivity index (χ0n) is 16.4. The number of ether oxygens (including phenoxy) is 1. The Balaban J connectivity index is 0.00000420. The van der Waals surface area contributed by atoms with E-state index in [1.165, 1.54) is 12.1 Å². The lowest BCUT2D eigenvalue weighted by atomic mass is 10.0. The Kier molecular flexibility index (Phi) is 10.9. The van der Waals surface area contributed by atoms with Crippen LogP contribution in [-0.2, 0) is 16.1 Å². The Bertz CT molecular complexity index is 641. The van der Waals surface area contributed by atoms with Gasteiger partial charge in [-0.15, -0.1) is 12.4 Å². The number of benzene rings is 1. The summed E-state index contributed by atoms with van der Waals surface area (Å²) in [4.78, 5) is 27.1. The fourth-order valence-corrected chi connectivity index (χ4v) is 3.36. The van der Waals surface area contributed by atoms with Gasteiger partial charge in [-0.25, -0.2) is 0 Å². The molecule has 2 rings (SSSR count). The maximum Gasteiger partial charge on any atom is 0.387 e. The second-order valence-electron chi connectivity index (χ2n) is 6.76. The molecule has 164 valence electrons. The fourth-order valence-electron chi connectivity index (χ4n) is 3.36. The highest BCUT2D eigenvalue weighted by atomic mass is 35.5. The minimum absolute atomic E-state index is 0. The summed E-state index contributed by atoms with van der Waals surface area (Å²) in [7, 11) is 0. The number of likely N-dealkylation sites (tertiary alicyclic amines) is 1. The molecule has 0 bridgehead atoms. The van der Waals surface area contributed by atoms with Crippen molar-refractivity contribution >= 4 is 24.3 Å². The number of nitrogens with zero attached hydrogens (tertiary/aromatic N) is 2. The third kappa shape index (κ3) is 8.93. The molecule has 1 heterocycles. The minimum Gasteiger partial charge on any atom is -0.480 e. The summed E-state index contributed by atoms with van der Waals surface area (Å²) in [6.45, 7) is 1.91. The minimum atomic E-state index is -2.86. The van der Waals surface area contributed by atoms with Gasteiger partial charge in [0.25, 0.3) is 0 Å². The predicted octanol–water partition coefficient (Wildman–Crippen LogP) is 2.20. The van der Waals surface area contributed by atoms with Crippen molar-refractivity contribution in [2.75, 3.05) is 32.7 Å². The summed E-state index contributed by atoms with van der Waals surface area (Å²) in [6.07, 6.45) is 1.67. The highest BCUT2D eigenvalue weighted by Crippen LogP contribution is 2.17. The topological polar surface area (TPSA) is 82.1 Å². The zero-order chi connectivity index (χ0) is 20.5. The van der Waals surface area contributed by atoms with Crippen LogP contribution in [0.1, 0.15) is 25.3 Å². The molecule has 0 aliphatic carbocycles. The number of carbonyl (C=O) groups is 2.